The Kier molecular flexibility index (Phi) is 8.50. The number of ether oxygens (including phenoxy) is 2. The summed E-state index contributed by atoms with van der Waals surface area (Å²) in [7, 11) is 0. The van der Waals surface area contributed by atoms with E-state index < -0.39 is 51.5 Å². The summed E-state index contributed by atoms with van der Waals surface area (Å²) in [5, 5.41) is 23.2. The van der Waals surface area contributed by atoms with Crippen molar-refractivity contribution in [3.8, 4) is 23.0 Å². The Bertz CT molecular complexity index is 1670. The van der Waals surface area contributed by atoms with E-state index in [9.17, 15) is 42.8 Å². The molecular formula is C29H22F3N3O8. The Hall–Kier alpha value is -5.66. The van der Waals surface area contributed by atoms with Gasteiger partial charge in [0.1, 0.15) is 11.3 Å². The maximum Gasteiger partial charge on any atom is 0.416 e. The number of hydrogen-bond acceptors (Lipinski definition) is 8. The number of nitro benzene ring substituents is 1. The molecule has 0 atom stereocenters. The van der Waals surface area contributed by atoms with Crippen LogP contribution in [-0.2, 0) is 22.2 Å². The van der Waals surface area contributed by atoms with Gasteiger partial charge in [-0.1, -0.05) is 6.08 Å². The standard InChI is InChI=1S/C29H22F3N3O8/c1-3-5-17-12-16(13-21-26(37)33-28(39)34(27(21)38)19-7-9-20(36)10-8-19)14-24(42-4-2)25(17)43-23-11-6-18(29(30,31)32)15-22(23)35(40)41/h3,6-15,36H,1,4-5H2,2H3,(H,33,37,39)/b21-13+. The van der Waals surface area contributed by atoms with Gasteiger partial charge >= 0.3 is 17.9 Å². The number of allylic oxidation sites excluding steroid dienone is 1. The van der Waals surface area contributed by atoms with Crippen LogP contribution in [0.1, 0.15) is 23.6 Å². The maximum absolute atomic E-state index is 13.3. The number of phenols is 1. The van der Waals surface area contributed by atoms with Gasteiger partial charge in [0.15, 0.2) is 11.5 Å². The zero-order valence-corrected chi connectivity index (χ0v) is 22.3. The monoisotopic (exact) mass is 597 g/mol. The first-order valence-electron chi connectivity index (χ1n) is 12.5. The number of barbiturate groups is 1. The van der Waals surface area contributed by atoms with Crippen molar-refractivity contribution in [2.75, 3.05) is 11.5 Å². The summed E-state index contributed by atoms with van der Waals surface area (Å²) < 4.78 is 51.0. The number of anilines is 1. The highest BCUT2D eigenvalue weighted by Gasteiger charge is 2.37. The van der Waals surface area contributed by atoms with Crippen LogP contribution in [0.3, 0.4) is 0 Å². The van der Waals surface area contributed by atoms with E-state index in [2.05, 4.69) is 11.9 Å². The Balaban J connectivity index is 1.80. The lowest BCUT2D eigenvalue weighted by Crippen LogP contribution is -2.54. The third-order valence-electron chi connectivity index (χ3n) is 6.03. The number of amides is 4. The van der Waals surface area contributed by atoms with E-state index in [4.69, 9.17) is 9.47 Å². The second kappa shape index (κ2) is 12.1. The van der Waals surface area contributed by atoms with Crippen molar-refractivity contribution in [3.63, 3.8) is 0 Å². The summed E-state index contributed by atoms with van der Waals surface area (Å²) in [5.74, 6) is -2.59. The van der Waals surface area contributed by atoms with Crippen LogP contribution in [0, 0.1) is 10.1 Å². The molecule has 0 bridgehead atoms. The van der Waals surface area contributed by atoms with Crippen LogP contribution in [0.2, 0.25) is 0 Å². The van der Waals surface area contributed by atoms with Gasteiger partial charge in [0, 0.05) is 11.6 Å². The number of carbonyl (C=O) groups is 3. The number of carbonyl (C=O) groups excluding carboxylic acids is 3. The molecular weight excluding hydrogens is 575 g/mol. The summed E-state index contributed by atoms with van der Waals surface area (Å²) >= 11 is 0. The van der Waals surface area contributed by atoms with Crippen LogP contribution in [-0.4, -0.2) is 34.5 Å². The van der Waals surface area contributed by atoms with Crippen LogP contribution in [0.15, 0.2) is 72.8 Å². The Morgan fingerprint density at radius 2 is 1.77 bits per heavy atom. The summed E-state index contributed by atoms with van der Waals surface area (Å²) in [6, 6.07) is 8.77. The molecule has 1 aliphatic rings. The quantitative estimate of drug-likeness (QED) is 0.102. The molecule has 1 saturated heterocycles. The number of halogens is 3. The van der Waals surface area contributed by atoms with Crippen LogP contribution >= 0.6 is 0 Å². The third-order valence-corrected chi connectivity index (χ3v) is 6.03. The van der Waals surface area contributed by atoms with Gasteiger partial charge in [-0.05, 0) is 73.5 Å². The van der Waals surface area contributed by atoms with E-state index in [0.29, 0.717) is 22.6 Å². The lowest BCUT2D eigenvalue weighted by Gasteiger charge is -2.26. The number of urea groups is 1. The van der Waals surface area contributed by atoms with Gasteiger partial charge in [-0.15, -0.1) is 6.58 Å². The molecule has 3 aromatic rings. The van der Waals surface area contributed by atoms with Crippen molar-refractivity contribution in [1.82, 2.24) is 5.32 Å². The summed E-state index contributed by atoms with van der Waals surface area (Å²) in [6.07, 6.45) is -2.09. The highest BCUT2D eigenvalue weighted by Crippen LogP contribution is 2.42. The fraction of sp³-hybridized carbons (Fsp3) is 0.138. The predicted octanol–water partition coefficient (Wildman–Crippen LogP) is 5.91. The molecule has 1 aliphatic heterocycles. The fourth-order valence-electron chi connectivity index (χ4n) is 4.15. The van der Waals surface area contributed by atoms with Crippen molar-refractivity contribution >= 4 is 35.3 Å². The van der Waals surface area contributed by atoms with E-state index in [-0.39, 0.29) is 41.5 Å². The lowest BCUT2D eigenvalue weighted by atomic mass is 10.0. The number of benzene rings is 3. The smallest absolute Gasteiger partial charge is 0.416 e. The molecule has 14 heteroatoms. The average molecular weight is 598 g/mol. The first-order valence-corrected chi connectivity index (χ1v) is 12.5. The number of aromatic hydroxyl groups is 1. The van der Waals surface area contributed by atoms with Gasteiger partial charge in [0.2, 0.25) is 5.75 Å². The minimum atomic E-state index is -4.83. The molecule has 4 amide bonds. The highest BCUT2D eigenvalue weighted by molar-refractivity contribution is 6.39. The van der Waals surface area contributed by atoms with Crippen LogP contribution in [0.5, 0.6) is 23.0 Å². The molecule has 2 N–H and O–H groups in total. The van der Waals surface area contributed by atoms with E-state index in [0.717, 1.165) is 6.07 Å². The molecule has 0 spiro atoms. The van der Waals surface area contributed by atoms with Crippen molar-refractivity contribution in [3.05, 3.63) is 99.6 Å². The molecule has 11 nitrogen and oxygen atoms in total. The van der Waals surface area contributed by atoms with Gasteiger partial charge in [0.05, 0.1) is 22.8 Å². The minimum Gasteiger partial charge on any atom is -0.508 e. The normalized spacial score (nSPS) is 14.5. The zero-order chi connectivity index (χ0) is 31.5. The second-order valence-electron chi connectivity index (χ2n) is 8.95. The van der Waals surface area contributed by atoms with Crippen molar-refractivity contribution in [2.24, 2.45) is 0 Å². The number of alkyl halides is 3. The van der Waals surface area contributed by atoms with Crippen molar-refractivity contribution < 1.29 is 47.1 Å². The molecule has 0 aliphatic carbocycles. The van der Waals surface area contributed by atoms with Crippen LogP contribution in [0.4, 0.5) is 29.3 Å². The molecule has 1 fully saturated rings. The largest absolute Gasteiger partial charge is 0.508 e. The number of rotatable bonds is 9. The minimum absolute atomic E-state index is 0.00182. The number of phenolic OH excluding ortho intramolecular Hbond substituents is 1. The van der Waals surface area contributed by atoms with Gasteiger partial charge in [-0.2, -0.15) is 13.2 Å². The Labute approximate surface area is 241 Å². The highest BCUT2D eigenvalue weighted by atomic mass is 19.4. The first kappa shape index (κ1) is 30.3. The first-order chi connectivity index (χ1) is 20.3. The number of imide groups is 2. The molecule has 222 valence electrons. The van der Waals surface area contributed by atoms with Crippen LogP contribution < -0.4 is 19.7 Å². The van der Waals surface area contributed by atoms with E-state index >= 15 is 0 Å². The number of hydrogen-bond donors (Lipinski definition) is 2. The average Bonchev–Trinajstić information content (AvgIpc) is 2.93. The third kappa shape index (κ3) is 6.48. The maximum atomic E-state index is 13.3. The molecule has 0 radical (unpaired) electrons. The number of nitro groups is 1. The topological polar surface area (TPSA) is 148 Å². The number of nitrogens with one attached hydrogen (secondary N) is 1. The second-order valence-corrected chi connectivity index (χ2v) is 8.95. The van der Waals surface area contributed by atoms with E-state index in [1.165, 1.54) is 48.6 Å². The summed E-state index contributed by atoms with van der Waals surface area (Å²) in [6.45, 7) is 5.36. The molecule has 43 heavy (non-hydrogen) atoms. The van der Waals surface area contributed by atoms with Crippen molar-refractivity contribution in [2.45, 2.75) is 19.5 Å². The molecule has 0 aromatic heterocycles. The fourth-order valence-corrected chi connectivity index (χ4v) is 4.15. The summed E-state index contributed by atoms with van der Waals surface area (Å²) in [5.41, 5.74) is -1.98. The summed E-state index contributed by atoms with van der Waals surface area (Å²) in [4.78, 5) is 49.7. The molecule has 0 unspecified atom stereocenters. The van der Waals surface area contributed by atoms with E-state index in [1.54, 1.807) is 6.92 Å². The number of nitrogens with zero attached hydrogens (tertiary/aromatic N) is 2. The SMILES string of the molecule is C=CCc1cc(/C=C2\C(=O)NC(=O)N(c3ccc(O)cc3)C2=O)cc(OCC)c1Oc1ccc(C(F)(F)F)cc1[N+](=O)[O-]. The van der Waals surface area contributed by atoms with Crippen LogP contribution in [0.25, 0.3) is 6.08 Å². The lowest BCUT2D eigenvalue weighted by molar-refractivity contribution is -0.385. The molecule has 3 aromatic carbocycles. The Morgan fingerprint density at radius 3 is 2.37 bits per heavy atom. The Morgan fingerprint density at radius 1 is 1.07 bits per heavy atom. The molecule has 0 saturated carbocycles. The predicted molar refractivity (Wildman–Crippen MR) is 147 cm³/mol. The zero-order valence-electron chi connectivity index (χ0n) is 22.3. The van der Waals surface area contributed by atoms with Gasteiger partial charge in [-0.25, -0.2) is 9.69 Å². The van der Waals surface area contributed by atoms with E-state index in [1.807, 2.05) is 0 Å². The molecule has 4 rings (SSSR count). The molecule has 1 heterocycles. The van der Waals surface area contributed by atoms with Crippen molar-refractivity contribution in [1.29, 1.82) is 0 Å². The van der Waals surface area contributed by atoms with Gasteiger partial charge in [0.25, 0.3) is 11.8 Å². The van der Waals surface area contributed by atoms with Gasteiger partial charge < -0.3 is 14.6 Å². The van der Waals surface area contributed by atoms with Gasteiger partial charge in [-0.3, -0.25) is 25.0 Å².